The van der Waals surface area contributed by atoms with Gasteiger partial charge >= 0.3 is 0 Å². The van der Waals surface area contributed by atoms with E-state index in [0.29, 0.717) is 17.9 Å². The number of nitrogens with one attached hydrogen (secondary N) is 1. The van der Waals surface area contributed by atoms with Crippen molar-refractivity contribution in [1.82, 2.24) is 4.72 Å². The van der Waals surface area contributed by atoms with Crippen molar-refractivity contribution in [1.29, 1.82) is 0 Å². The standard InChI is InChI=1S/C19H24N2O4S/c1-16(22)21(18-9-6-10-19(15-18)25-2)13-12-20-26(23,24)14-11-17-7-4-3-5-8-17/h3-10,15,20H,11-14H2,1-2H3. The van der Waals surface area contributed by atoms with Gasteiger partial charge < -0.3 is 9.64 Å². The summed E-state index contributed by atoms with van der Waals surface area (Å²) in [5, 5.41) is 0. The smallest absolute Gasteiger partial charge is 0.223 e. The molecule has 7 heteroatoms. The molecule has 0 aliphatic heterocycles. The van der Waals surface area contributed by atoms with Crippen LogP contribution in [-0.4, -0.2) is 40.3 Å². The van der Waals surface area contributed by atoms with Crippen LogP contribution in [-0.2, 0) is 21.2 Å². The first-order valence-corrected chi connectivity index (χ1v) is 10.00. The van der Waals surface area contributed by atoms with Gasteiger partial charge in [-0.2, -0.15) is 0 Å². The Bertz CT molecular complexity index is 822. The van der Waals surface area contributed by atoms with Gasteiger partial charge in [0.2, 0.25) is 15.9 Å². The van der Waals surface area contributed by atoms with Crippen LogP contribution in [0.3, 0.4) is 0 Å². The molecule has 2 rings (SSSR count). The van der Waals surface area contributed by atoms with Crippen molar-refractivity contribution in [2.45, 2.75) is 13.3 Å². The summed E-state index contributed by atoms with van der Waals surface area (Å²) in [6, 6.07) is 16.6. The molecular formula is C19H24N2O4S. The first kappa shape index (κ1) is 19.9. The van der Waals surface area contributed by atoms with E-state index in [1.165, 1.54) is 11.8 Å². The molecule has 6 nitrogen and oxygen atoms in total. The number of hydrogen-bond donors (Lipinski definition) is 1. The van der Waals surface area contributed by atoms with Crippen LogP contribution in [0.4, 0.5) is 5.69 Å². The van der Waals surface area contributed by atoms with Crippen molar-refractivity contribution in [2.75, 3.05) is 30.9 Å². The van der Waals surface area contributed by atoms with Crippen molar-refractivity contribution >= 4 is 21.6 Å². The fourth-order valence-electron chi connectivity index (χ4n) is 2.53. The minimum atomic E-state index is -3.41. The Morgan fingerprint density at radius 2 is 1.85 bits per heavy atom. The average molecular weight is 376 g/mol. The first-order chi connectivity index (χ1) is 12.4. The van der Waals surface area contributed by atoms with E-state index in [9.17, 15) is 13.2 Å². The molecule has 2 aromatic carbocycles. The normalized spacial score (nSPS) is 11.2. The molecule has 0 saturated carbocycles. The van der Waals surface area contributed by atoms with Gasteiger partial charge in [-0.3, -0.25) is 4.79 Å². The molecule has 0 aliphatic carbocycles. The van der Waals surface area contributed by atoms with Gasteiger partial charge in [-0.05, 0) is 24.1 Å². The second-order valence-electron chi connectivity index (χ2n) is 5.82. The molecule has 0 aliphatic rings. The highest BCUT2D eigenvalue weighted by atomic mass is 32.2. The predicted octanol–water partition coefficient (Wildman–Crippen LogP) is 2.21. The number of amides is 1. The Kier molecular flexibility index (Phi) is 7.17. The molecule has 0 spiro atoms. The molecule has 0 fully saturated rings. The van der Waals surface area contributed by atoms with Gasteiger partial charge in [-0.1, -0.05) is 36.4 Å². The Morgan fingerprint density at radius 1 is 1.12 bits per heavy atom. The summed E-state index contributed by atoms with van der Waals surface area (Å²) in [5.74, 6) is 0.481. The summed E-state index contributed by atoms with van der Waals surface area (Å²) in [6.07, 6.45) is 0.447. The Balaban J connectivity index is 1.91. The number of hydrogen-bond acceptors (Lipinski definition) is 4. The molecule has 0 radical (unpaired) electrons. The van der Waals surface area contributed by atoms with Crippen LogP contribution in [0.25, 0.3) is 0 Å². The number of benzene rings is 2. The summed E-state index contributed by atoms with van der Waals surface area (Å²) in [5.41, 5.74) is 1.64. The minimum absolute atomic E-state index is 0.0102. The van der Waals surface area contributed by atoms with Gasteiger partial charge in [0.05, 0.1) is 12.9 Å². The molecule has 0 bridgehead atoms. The van der Waals surface area contributed by atoms with Crippen molar-refractivity contribution < 1.29 is 17.9 Å². The first-order valence-electron chi connectivity index (χ1n) is 8.35. The van der Waals surface area contributed by atoms with E-state index in [0.717, 1.165) is 5.56 Å². The van der Waals surface area contributed by atoms with Crippen LogP contribution in [0.15, 0.2) is 54.6 Å². The van der Waals surface area contributed by atoms with Crippen molar-refractivity contribution in [3.8, 4) is 5.75 Å². The lowest BCUT2D eigenvalue weighted by atomic mass is 10.2. The van der Waals surface area contributed by atoms with Crippen LogP contribution < -0.4 is 14.4 Å². The molecular weight excluding hydrogens is 352 g/mol. The van der Waals surface area contributed by atoms with Crippen LogP contribution in [0.2, 0.25) is 0 Å². The monoisotopic (exact) mass is 376 g/mol. The number of anilines is 1. The number of sulfonamides is 1. The van der Waals surface area contributed by atoms with Crippen LogP contribution in [0.1, 0.15) is 12.5 Å². The quantitative estimate of drug-likeness (QED) is 0.728. The minimum Gasteiger partial charge on any atom is -0.497 e. The molecule has 26 heavy (non-hydrogen) atoms. The highest BCUT2D eigenvalue weighted by Crippen LogP contribution is 2.20. The van der Waals surface area contributed by atoms with E-state index in [2.05, 4.69) is 4.72 Å². The van der Waals surface area contributed by atoms with Gasteiger partial charge in [-0.15, -0.1) is 0 Å². The van der Waals surface area contributed by atoms with Crippen molar-refractivity contribution in [3.63, 3.8) is 0 Å². The maximum absolute atomic E-state index is 12.2. The summed E-state index contributed by atoms with van der Waals surface area (Å²) in [6.45, 7) is 1.84. The summed E-state index contributed by atoms with van der Waals surface area (Å²) in [4.78, 5) is 13.4. The van der Waals surface area contributed by atoms with Gasteiger partial charge in [0.1, 0.15) is 5.75 Å². The molecule has 0 saturated heterocycles. The zero-order valence-corrected chi connectivity index (χ0v) is 15.8. The number of methoxy groups -OCH3 is 1. The zero-order chi connectivity index (χ0) is 19.0. The predicted molar refractivity (Wildman–Crippen MR) is 103 cm³/mol. The van der Waals surface area contributed by atoms with Gasteiger partial charge in [0.15, 0.2) is 0 Å². The van der Waals surface area contributed by atoms with Gasteiger partial charge in [0.25, 0.3) is 0 Å². The summed E-state index contributed by atoms with van der Waals surface area (Å²) < 4.78 is 32.0. The van der Waals surface area contributed by atoms with Gasteiger partial charge in [-0.25, -0.2) is 13.1 Å². The van der Waals surface area contributed by atoms with Crippen molar-refractivity contribution in [2.24, 2.45) is 0 Å². The number of carbonyl (C=O) groups excluding carboxylic acids is 1. The van der Waals surface area contributed by atoms with Crippen LogP contribution in [0, 0.1) is 0 Å². The van der Waals surface area contributed by atoms with Crippen LogP contribution in [0.5, 0.6) is 5.75 Å². The van der Waals surface area contributed by atoms with E-state index in [4.69, 9.17) is 4.74 Å². The zero-order valence-electron chi connectivity index (χ0n) is 15.0. The molecule has 0 heterocycles. The molecule has 0 unspecified atom stereocenters. The Morgan fingerprint density at radius 3 is 2.50 bits per heavy atom. The second kappa shape index (κ2) is 9.35. The number of carbonyl (C=O) groups is 1. The lowest BCUT2D eigenvalue weighted by Gasteiger charge is -2.22. The average Bonchev–Trinajstić information content (AvgIpc) is 2.64. The maximum Gasteiger partial charge on any atom is 0.223 e. The Hall–Kier alpha value is -2.38. The number of rotatable bonds is 9. The van der Waals surface area contributed by atoms with E-state index in [1.807, 2.05) is 30.3 Å². The second-order valence-corrected chi connectivity index (χ2v) is 7.75. The fourth-order valence-corrected chi connectivity index (χ4v) is 3.58. The third-order valence-electron chi connectivity index (χ3n) is 3.90. The summed E-state index contributed by atoms with van der Waals surface area (Å²) >= 11 is 0. The van der Waals surface area contributed by atoms with E-state index in [-0.39, 0.29) is 24.7 Å². The molecule has 1 N–H and O–H groups in total. The van der Waals surface area contributed by atoms with E-state index in [1.54, 1.807) is 31.4 Å². The number of ether oxygens (including phenoxy) is 1. The Labute approximate surface area is 154 Å². The third-order valence-corrected chi connectivity index (χ3v) is 5.29. The SMILES string of the molecule is COc1cccc(N(CCNS(=O)(=O)CCc2ccccc2)C(C)=O)c1. The molecule has 1 amide bonds. The number of aryl methyl sites for hydroxylation is 1. The number of nitrogens with zero attached hydrogens (tertiary/aromatic N) is 1. The van der Waals surface area contributed by atoms with Gasteiger partial charge in [0, 0.05) is 31.8 Å². The van der Waals surface area contributed by atoms with Crippen LogP contribution >= 0.6 is 0 Å². The highest BCUT2D eigenvalue weighted by molar-refractivity contribution is 7.89. The molecule has 0 aromatic heterocycles. The molecule has 2 aromatic rings. The molecule has 0 atom stereocenters. The molecule has 140 valence electrons. The lowest BCUT2D eigenvalue weighted by Crippen LogP contribution is -2.38. The fraction of sp³-hybridized carbons (Fsp3) is 0.316. The van der Waals surface area contributed by atoms with E-state index < -0.39 is 10.0 Å². The summed E-state index contributed by atoms with van der Waals surface area (Å²) in [7, 11) is -1.86. The lowest BCUT2D eigenvalue weighted by molar-refractivity contribution is -0.116. The third kappa shape index (κ3) is 6.16. The largest absolute Gasteiger partial charge is 0.497 e. The topological polar surface area (TPSA) is 75.7 Å². The maximum atomic E-state index is 12.2. The van der Waals surface area contributed by atoms with E-state index >= 15 is 0 Å². The van der Waals surface area contributed by atoms with Crippen molar-refractivity contribution in [3.05, 3.63) is 60.2 Å². The highest BCUT2D eigenvalue weighted by Gasteiger charge is 2.15.